The standard InChI is InChI=1S/C16H19N3O2/c1-19(11-16(17)20)10-13-5-7-15(8-6-13)21-12-14-4-2-3-9-18-14/h2-9H,10-12H2,1H3,(H2,17,20). The van der Waals surface area contributed by atoms with Gasteiger partial charge in [0.15, 0.2) is 0 Å². The van der Waals surface area contributed by atoms with E-state index in [2.05, 4.69) is 4.98 Å². The molecule has 110 valence electrons. The number of carbonyl (C=O) groups is 1. The minimum Gasteiger partial charge on any atom is -0.487 e. The predicted octanol–water partition coefficient (Wildman–Crippen LogP) is 1.58. The molecule has 5 heteroatoms. The summed E-state index contributed by atoms with van der Waals surface area (Å²) in [6, 6.07) is 13.5. The van der Waals surface area contributed by atoms with Crippen LogP contribution in [0.4, 0.5) is 0 Å². The largest absolute Gasteiger partial charge is 0.487 e. The maximum atomic E-state index is 10.8. The van der Waals surface area contributed by atoms with Crippen molar-refractivity contribution in [3.8, 4) is 5.75 Å². The lowest BCUT2D eigenvalue weighted by Crippen LogP contribution is -2.30. The molecule has 1 heterocycles. The number of aromatic nitrogens is 1. The van der Waals surface area contributed by atoms with Gasteiger partial charge in [0.25, 0.3) is 0 Å². The van der Waals surface area contributed by atoms with Crippen LogP contribution in [0.15, 0.2) is 48.7 Å². The summed E-state index contributed by atoms with van der Waals surface area (Å²) in [5.41, 5.74) is 7.15. The molecule has 1 aromatic carbocycles. The van der Waals surface area contributed by atoms with Crippen molar-refractivity contribution < 1.29 is 9.53 Å². The number of ether oxygens (including phenoxy) is 1. The van der Waals surface area contributed by atoms with Crippen molar-refractivity contribution in [1.29, 1.82) is 0 Å². The van der Waals surface area contributed by atoms with Crippen LogP contribution >= 0.6 is 0 Å². The van der Waals surface area contributed by atoms with E-state index in [0.29, 0.717) is 13.2 Å². The third kappa shape index (κ3) is 5.24. The predicted molar refractivity (Wildman–Crippen MR) is 80.5 cm³/mol. The van der Waals surface area contributed by atoms with Gasteiger partial charge in [0, 0.05) is 12.7 Å². The monoisotopic (exact) mass is 285 g/mol. The van der Waals surface area contributed by atoms with E-state index in [9.17, 15) is 4.79 Å². The maximum absolute atomic E-state index is 10.8. The molecule has 0 aliphatic heterocycles. The van der Waals surface area contributed by atoms with Gasteiger partial charge in [-0.3, -0.25) is 14.7 Å². The molecule has 2 rings (SSSR count). The second-order valence-corrected chi connectivity index (χ2v) is 4.89. The Morgan fingerprint density at radius 1 is 1.24 bits per heavy atom. The summed E-state index contributed by atoms with van der Waals surface area (Å²) in [4.78, 5) is 16.9. The molecule has 2 aromatic rings. The molecule has 1 aromatic heterocycles. The van der Waals surface area contributed by atoms with Gasteiger partial charge in [-0.1, -0.05) is 18.2 Å². The number of rotatable bonds is 7. The van der Waals surface area contributed by atoms with Crippen molar-refractivity contribution in [3.63, 3.8) is 0 Å². The van der Waals surface area contributed by atoms with Gasteiger partial charge in [0.05, 0.1) is 12.2 Å². The molecule has 0 radical (unpaired) electrons. The number of hydrogen-bond donors (Lipinski definition) is 1. The number of pyridine rings is 1. The van der Waals surface area contributed by atoms with Crippen LogP contribution in [0.1, 0.15) is 11.3 Å². The Morgan fingerprint density at radius 3 is 2.62 bits per heavy atom. The van der Waals surface area contributed by atoms with Gasteiger partial charge in [-0.05, 0) is 36.9 Å². The molecule has 0 atom stereocenters. The van der Waals surface area contributed by atoms with E-state index in [4.69, 9.17) is 10.5 Å². The molecular weight excluding hydrogens is 266 g/mol. The number of amides is 1. The quantitative estimate of drug-likeness (QED) is 0.838. The second kappa shape index (κ2) is 7.40. The Balaban J connectivity index is 1.85. The molecule has 0 unspecified atom stereocenters. The first-order valence-corrected chi connectivity index (χ1v) is 6.72. The molecule has 0 saturated carbocycles. The normalized spacial score (nSPS) is 10.6. The molecule has 5 nitrogen and oxygen atoms in total. The first kappa shape index (κ1) is 15.0. The number of likely N-dealkylation sites (N-methyl/N-ethyl adjacent to an activating group) is 1. The van der Waals surface area contributed by atoms with Crippen LogP contribution in [0.25, 0.3) is 0 Å². The fourth-order valence-corrected chi connectivity index (χ4v) is 1.97. The average molecular weight is 285 g/mol. The minimum absolute atomic E-state index is 0.248. The number of carbonyl (C=O) groups excluding carboxylic acids is 1. The highest BCUT2D eigenvalue weighted by atomic mass is 16.5. The Labute approximate surface area is 124 Å². The average Bonchev–Trinajstić information content (AvgIpc) is 2.47. The van der Waals surface area contributed by atoms with E-state index in [0.717, 1.165) is 17.0 Å². The van der Waals surface area contributed by atoms with Gasteiger partial charge in [-0.25, -0.2) is 0 Å². The molecule has 21 heavy (non-hydrogen) atoms. The van der Waals surface area contributed by atoms with Gasteiger partial charge in [0.1, 0.15) is 12.4 Å². The zero-order chi connectivity index (χ0) is 15.1. The van der Waals surface area contributed by atoms with E-state index in [1.165, 1.54) is 0 Å². The number of hydrogen-bond acceptors (Lipinski definition) is 4. The van der Waals surface area contributed by atoms with Crippen molar-refractivity contribution in [2.45, 2.75) is 13.2 Å². The van der Waals surface area contributed by atoms with Crippen LogP contribution in [0.5, 0.6) is 5.75 Å². The van der Waals surface area contributed by atoms with Gasteiger partial charge < -0.3 is 10.5 Å². The Morgan fingerprint density at radius 2 is 2.00 bits per heavy atom. The summed E-state index contributed by atoms with van der Waals surface area (Å²) in [6.07, 6.45) is 1.75. The fourth-order valence-electron chi connectivity index (χ4n) is 1.97. The molecule has 0 bridgehead atoms. The number of nitrogens with two attached hydrogens (primary N) is 1. The first-order chi connectivity index (χ1) is 10.1. The van der Waals surface area contributed by atoms with Gasteiger partial charge in [-0.15, -0.1) is 0 Å². The minimum atomic E-state index is -0.326. The molecule has 2 N–H and O–H groups in total. The summed E-state index contributed by atoms with van der Waals surface area (Å²) in [6.45, 7) is 1.36. The zero-order valence-corrected chi connectivity index (χ0v) is 12.0. The van der Waals surface area contributed by atoms with Gasteiger partial charge in [-0.2, -0.15) is 0 Å². The Bertz CT molecular complexity index is 570. The second-order valence-electron chi connectivity index (χ2n) is 4.89. The highest BCUT2D eigenvalue weighted by Crippen LogP contribution is 2.14. The summed E-state index contributed by atoms with van der Waals surface area (Å²) in [7, 11) is 1.86. The Kier molecular flexibility index (Phi) is 5.29. The van der Waals surface area contributed by atoms with Crippen molar-refractivity contribution in [1.82, 2.24) is 9.88 Å². The van der Waals surface area contributed by atoms with Crippen LogP contribution in [0.3, 0.4) is 0 Å². The molecule has 0 spiro atoms. The lowest BCUT2D eigenvalue weighted by atomic mass is 10.2. The van der Waals surface area contributed by atoms with Crippen molar-refractivity contribution in [2.24, 2.45) is 5.73 Å². The van der Waals surface area contributed by atoms with Crippen LogP contribution in [-0.2, 0) is 17.9 Å². The third-order valence-corrected chi connectivity index (χ3v) is 2.91. The number of nitrogens with zero attached hydrogens (tertiary/aromatic N) is 2. The van der Waals surface area contributed by atoms with E-state index >= 15 is 0 Å². The summed E-state index contributed by atoms with van der Waals surface area (Å²) in [5.74, 6) is 0.467. The zero-order valence-electron chi connectivity index (χ0n) is 12.0. The summed E-state index contributed by atoms with van der Waals surface area (Å²) in [5, 5.41) is 0. The van der Waals surface area contributed by atoms with E-state index in [1.807, 2.05) is 54.4 Å². The van der Waals surface area contributed by atoms with Crippen molar-refractivity contribution in [3.05, 3.63) is 59.9 Å². The highest BCUT2D eigenvalue weighted by molar-refractivity contribution is 5.75. The Hall–Kier alpha value is -2.40. The van der Waals surface area contributed by atoms with Crippen LogP contribution in [0, 0.1) is 0 Å². The van der Waals surface area contributed by atoms with Gasteiger partial charge in [0.2, 0.25) is 5.91 Å². The number of primary amides is 1. The maximum Gasteiger partial charge on any atom is 0.231 e. The lowest BCUT2D eigenvalue weighted by molar-refractivity contribution is -0.118. The SMILES string of the molecule is CN(CC(N)=O)Cc1ccc(OCc2ccccn2)cc1. The number of benzene rings is 1. The van der Waals surface area contributed by atoms with Crippen molar-refractivity contribution >= 4 is 5.91 Å². The van der Waals surface area contributed by atoms with Crippen LogP contribution < -0.4 is 10.5 Å². The fraction of sp³-hybridized carbons (Fsp3) is 0.250. The molecule has 0 saturated heterocycles. The molecule has 0 fully saturated rings. The van der Waals surface area contributed by atoms with Crippen molar-refractivity contribution in [2.75, 3.05) is 13.6 Å². The lowest BCUT2D eigenvalue weighted by Gasteiger charge is -2.14. The van der Waals surface area contributed by atoms with E-state index in [1.54, 1.807) is 6.20 Å². The smallest absolute Gasteiger partial charge is 0.231 e. The third-order valence-electron chi connectivity index (χ3n) is 2.91. The first-order valence-electron chi connectivity index (χ1n) is 6.72. The topological polar surface area (TPSA) is 68.5 Å². The van der Waals surface area contributed by atoms with Crippen LogP contribution in [0.2, 0.25) is 0 Å². The summed E-state index contributed by atoms with van der Waals surface area (Å²) >= 11 is 0. The highest BCUT2D eigenvalue weighted by Gasteiger charge is 2.04. The summed E-state index contributed by atoms with van der Waals surface area (Å²) < 4.78 is 5.67. The van der Waals surface area contributed by atoms with Gasteiger partial charge >= 0.3 is 0 Å². The molecule has 0 aliphatic rings. The van der Waals surface area contributed by atoms with E-state index in [-0.39, 0.29) is 12.5 Å². The molecule has 1 amide bonds. The molecular formula is C16H19N3O2. The van der Waals surface area contributed by atoms with E-state index < -0.39 is 0 Å². The van der Waals surface area contributed by atoms with Crippen LogP contribution in [-0.4, -0.2) is 29.4 Å². The molecule has 0 aliphatic carbocycles.